The molecule has 1 aliphatic heterocycles. The third-order valence-corrected chi connectivity index (χ3v) is 4.30. The minimum Gasteiger partial charge on any atom is -0.324 e. The predicted molar refractivity (Wildman–Crippen MR) is 90.4 cm³/mol. The summed E-state index contributed by atoms with van der Waals surface area (Å²) in [5.41, 5.74) is 3.05. The summed E-state index contributed by atoms with van der Waals surface area (Å²) in [6.45, 7) is 18.1. The van der Waals surface area contributed by atoms with Crippen molar-refractivity contribution in [3.05, 3.63) is 11.1 Å². The average molecular weight is 294 g/mol. The molecule has 0 N–H and O–H groups in total. The maximum absolute atomic E-state index is 12.6. The van der Waals surface area contributed by atoms with Crippen LogP contribution in [0.15, 0.2) is 11.1 Å². The van der Waals surface area contributed by atoms with Gasteiger partial charge in [0.15, 0.2) is 0 Å². The summed E-state index contributed by atoms with van der Waals surface area (Å²) in [6, 6.07) is 0.171. The number of unbranched alkanes of at least 4 members (excludes halogenated alkanes) is 1. The highest BCUT2D eigenvalue weighted by molar-refractivity contribution is 5.75. The van der Waals surface area contributed by atoms with Crippen LogP contribution in [0.1, 0.15) is 61.3 Å². The number of nitrogens with zero attached hydrogens (tertiary/aromatic N) is 2. The monoisotopic (exact) mass is 294 g/mol. The molecule has 1 heterocycles. The third-order valence-electron chi connectivity index (χ3n) is 4.30. The number of hydrogen-bond acceptors (Lipinski definition) is 1. The molecule has 0 atom stereocenters. The van der Waals surface area contributed by atoms with Gasteiger partial charge in [-0.05, 0) is 28.4 Å². The van der Waals surface area contributed by atoms with Crippen molar-refractivity contribution in [2.45, 2.75) is 61.3 Å². The highest BCUT2D eigenvalue weighted by Crippen LogP contribution is 2.38. The molecule has 0 radical (unpaired) electrons. The van der Waals surface area contributed by atoms with Gasteiger partial charge in [-0.25, -0.2) is 4.79 Å². The molecule has 0 unspecified atom stereocenters. The van der Waals surface area contributed by atoms with Crippen LogP contribution in [0.25, 0.3) is 0 Å². The molecular weight excluding hydrogens is 260 g/mol. The summed E-state index contributed by atoms with van der Waals surface area (Å²) in [5.74, 6) is 0. The fourth-order valence-corrected chi connectivity index (χ4v) is 2.90. The SMILES string of the molecule is CCCCN1CC(C(C)(C)C)=C(C(C)(C)C)CN(C)C1=O. The summed E-state index contributed by atoms with van der Waals surface area (Å²) in [7, 11) is 1.93. The van der Waals surface area contributed by atoms with Crippen LogP contribution >= 0.6 is 0 Å². The van der Waals surface area contributed by atoms with Gasteiger partial charge in [0.2, 0.25) is 0 Å². The first-order chi connectivity index (χ1) is 9.48. The lowest BCUT2D eigenvalue weighted by molar-refractivity contribution is 0.170. The van der Waals surface area contributed by atoms with Crippen molar-refractivity contribution in [3.63, 3.8) is 0 Å². The average Bonchev–Trinajstić information content (AvgIpc) is 2.45. The van der Waals surface area contributed by atoms with Crippen LogP contribution in [0.2, 0.25) is 0 Å². The maximum Gasteiger partial charge on any atom is 0.320 e. The largest absolute Gasteiger partial charge is 0.324 e. The Morgan fingerprint density at radius 3 is 1.86 bits per heavy atom. The molecule has 2 amide bonds. The second-order valence-electron chi connectivity index (χ2n) is 8.37. The Labute approximate surface area is 131 Å². The minimum absolute atomic E-state index is 0.0952. The molecule has 122 valence electrons. The summed E-state index contributed by atoms with van der Waals surface area (Å²) in [4.78, 5) is 16.5. The van der Waals surface area contributed by atoms with E-state index in [2.05, 4.69) is 48.5 Å². The zero-order chi connectivity index (χ0) is 16.4. The van der Waals surface area contributed by atoms with Gasteiger partial charge in [0.05, 0.1) is 0 Å². The Bertz CT molecular complexity index is 410. The standard InChI is InChI=1S/C18H34N2O/c1-9-10-11-20-13-15(18(5,6)7)14(17(2,3)4)12-19(8)16(20)21/h9-13H2,1-8H3. The Balaban J connectivity index is 3.27. The van der Waals surface area contributed by atoms with Crippen LogP contribution in [0.3, 0.4) is 0 Å². The third kappa shape index (κ3) is 4.49. The molecule has 21 heavy (non-hydrogen) atoms. The van der Waals surface area contributed by atoms with Crippen molar-refractivity contribution in [1.29, 1.82) is 0 Å². The Kier molecular flexibility index (Phi) is 5.51. The zero-order valence-corrected chi connectivity index (χ0v) is 15.3. The lowest BCUT2D eigenvalue weighted by Crippen LogP contribution is -2.41. The maximum atomic E-state index is 12.6. The van der Waals surface area contributed by atoms with E-state index in [0.717, 1.165) is 32.5 Å². The quantitative estimate of drug-likeness (QED) is 0.701. The van der Waals surface area contributed by atoms with Crippen LogP contribution in [0.4, 0.5) is 4.79 Å². The molecule has 0 aromatic rings. The summed E-state index contributed by atoms with van der Waals surface area (Å²) >= 11 is 0. The molecule has 0 fully saturated rings. The molecule has 0 aliphatic carbocycles. The van der Waals surface area contributed by atoms with Crippen LogP contribution < -0.4 is 0 Å². The van der Waals surface area contributed by atoms with Gasteiger partial charge in [-0.3, -0.25) is 0 Å². The number of hydrogen-bond donors (Lipinski definition) is 0. The smallest absolute Gasteiger partial charge is 0.320 e. The van der Waals surface area contributed by atoms with Gasteiger partial charge in [0.1, 0.15) is 0 Å². The van der Waals surface area contributed by atoms with E-state index >= 15 is 0 Å². The van der Waals surface area contributed by atoms with Gasteiger partial charge in [-0.2, -0.15) is 0 Å². The number of rotatable bonds is 3. The first-order valence-electron chi connectivity index (χ1n) is 8.21. The van der Waals surface area contributed by atoms with Crippen LogP contribution in [0.5, 0.6) is 0 Å². The number of carbonyl (C=O) groups is 1. The van der Waals surface area contributed by atoms with Crippen molar-refractivity contribution >= 4 is 6.03 Å². The number of urea groups is 1. The molecule has 0 aromatic carbocycles. The van der Waals surface area contributed by atoms with E-state index in [0.29, 0.717) is 0 Å². The van der Waals surface area contributed by atoms with E-state index in [9.17, 15) is 4.79 Å². The molecule has 3 nitrogen and oxygen atoms in total. The predicted octanol–water partition coefficient (Wildman–Crippen LogP) is 4.54. The van der Waals surface area contributed by atoms with E-state index in [-0.39, 0.29) is 16.9 Å². The normalized spacial score (nSPS) is 18.4. The molecule has 1 aliphatic rings. The lowest BCUT2D eigenvalue weighted by Gasteiger charge is -2.33. The van der Waals surface area contributed by atoms with Crippen molar-refractivity contribution in [2.75, 3.05) is 26.7 Å². The van der Waals surface area contributed by atoms with Crippen molar-refractivity contribution < 1.29 is 4.79 Å². The summed E-state index contributed by atoms with van der Waals surface area (Å²) < 4.78 is 0. The second-order valence-corrected chi connectivity index (χ2v) is 8.37. The van der Waals surface area contributed by atoms with E-state index in [1.165, 1.54) is 11.1 Å². The Hall–Kier alpha value is -0.990. The summed E-state index contributed by atoms with van der Waals surface area (Å²) in [5, 5.41) is 0. The molecular formula is C18H34N2O. The Morgan fingerprint density at radius 2 is 1.43 bits per heavy atom. The lowest BCUT2D eigenvalue weighted by atomic mass is 9.75. The minimum atomic E-state index is 0.0952. The first kappa shape index (κ1) is 18.1. The van der Waals surface area contributed by atoms with Crippen LogP contribution in [-0.4, -0.2) is 42.5 Å². The van der Waals surface area contributed by atoms with Crippen molar-refractivity contribution in [3.8, 4) is 0 Å². The van der Waals surface area contributed by atoms with Crippen molar-refractivity contribution in [2.24, 2.45) is 10.8 Å². The van der Waals surface area contributed by atoms with E-state index in [1.54, 1.807) is 0 Å². The van der Waals surface area contributed by atoms with Gasteiger partial charge in [-0.1, -0.05) is 54.9 Å². The topological polar surface area (TPSA) is 23.6 Å². The van der Waals surface area contributed by atoms with Gasteiger partial charge in [0, 0.05) is 26.7 Å². The fraction of sp³-hybridized carbons (Fsp3) is 0.833. The molecule has 0 bridgehead atoms. The molecule has 0 spiro atoms. The Morgan fingerprint density at radius 1 is 0.952 bits per heavy atom. The molecule has 0 saturated carbocycles. The molecule has 3 heteroatoms. The van der Waals surface area contributed by atoms with E-state index in [4.69, 9.17) is 0 Å². The van der Waals surface area contributed by atoms with Crippen molar-refractivity contribution in [1.82, 2.24) is 9.80 Å². The summed E-state index contributed by atoms with van der Waals surface area (Å²) in [6.07, 6.45) is 2.19. The van der Waals surface area contributed by atoms with Gasteiger partial charge >= 0.3 is 6.03 Å². The van der Waals surface area contributed by atoms with Crippen LogP contribution in [0, 0.1) is 10.8 Å². The molecule has 0 aromatic heterocycles. The zero-order valence-electron chi connectivity index (χ0n) is 15.3. The molecule has 1 rings (SSSR count). The van der Waals surface area contributed by atoms with E-state index < -0.39 is 0 Å². The first-order valence-corrected chi connectivity index (χ1v) is 8.21. The van der Waals surface area contributed by atoms with Gasteiger partial charge in [-0.15, -0.1) is 0 Å². The van der Waals surface area contributed by atoms with E-state index in [1.807, 2.05) is 16.8 Å². The van der Waals surface area contributed by atoms with Crippen LogP contribution in [-0.2, 0) is 0 Å². The van der Waals surface area contributed by atoms with Gasteiger partial charge in [0.25, 0.3) is 0 Å². The number of amides is 2. The number of carbonyl (C=O) groups excluding carboxylic acids is 1. The number of likely N-dealkylation sites (N-methyl/N-ethyl adjacent to an activating group) is 1. The fourth-order valence-electron chi connectivity index (χ4n) is 2.90. The second kappa shape index (κ2) is 6.41. The molecule has 0 saturated heterocycles. The highest BCUT2D eigenvalue weighted by atomic mass is 16.2. The highest BCUT2D eigenvalue weighted by Gasteiger charge is 2.34. The van der Waals surface area contributed by atoms with Gasteiger partial charge < -0.3 is 9.80 Å².